The Morgan fingerprint density at radius 1 is 1.00 bits per heavy atom. The number of nitrogens with two attached hydrogens (primary N) is 1. The van der Waals surface area contributed by atoms with Crippen LogP contribution in [0.5, 0.6) is 0 Å². The van der Waals surface area contributed by atoms with Crippen LogP contribution in [0.3, 0.4) is 0 Å². The smallest absolute Gasteiger partial charge is 0.339 e. The second kappa shape index (κ2) is 9.68. The minimum Gasteiger partial charge on any atom is -0.452 e. The molecular weight excluding hydrogens is 462 g/mol. The number of hydrogen-bond acceptors (Lipinski definition) is 6. The van der Waals surface area contributed by atoms with E-state index in [0.29, 0.717) is 32.7 Å². The fraction of sp³-hybridized carbons (Fsp3) is 0.185. The molecule has 35 heavy (non-hydrogen) atoms. The number of carbonyl (C=O) groups is 3. The molecule has 1 aliphatic carbocycles. The number of nitrogens with zero attached hydrogens (tertiary/aromatic N) is 1. The first-order valence-corrected chi connectivity index (χ1v) is 12.2. The number of amides is 2. The first-order valence-electron chi connectivity index (χ1n) is 11.4. The van der Waals surface area contributed by atoms with Crippen LogP contribution in [0.25, 0.3) is 22.2 Å². The number of primary amides is 1. The van der Waals surface area contributed by atoms with Crippen LogP contribution >= 0.6 is 11.3 Å². The number of ether oxygens (including phenoxy) is 1. The third kappa shape index (κ3) is 4.65. The van der Waals surface area contributed by atoms with Gasteiger partial charge in [0.15, 0.2) is 6.61 Å². The molecule has 8 heteroatoms. The van der Waals surface area contributed by atoms with Gasteiger partial charge < -0.3 is 15.8 Å². The average Bonchev–Trinajstić information content (AvgIpc) is 3.25. The van der Waals surface area contributed by atoms with Crippen molar-refractivity contribution >= 4 is 45.0 Å². The number of aryl methyl sites for hydroxylation is 1. The lowest BCUT2D eigenvalue weighted by Crippen LogP contribution is -2.23. The fourth-order valence-electron chi connectivity index (χ4n) is 4.39. The van der Waals surface area contributed by atoms with E-state index in [0.717, 1.165) is 41.7 Å². The van der Waals surface area contributed by atoms with Crippen molar-refractivity contribution < 1.29 is 19.1 Å². The lowest BCUT2D eigenvalue weighted by molar-refractivity contribution is -0.119. The summed E-state index contributed by atoms with van der Waals surface area (Å²) in [4.78, 5) is 43.5. The summed E-state index contributed by atoms with van der Waals surface area (Å²) < 4.78 is 5.37. The second-order valence-corrected chi connectivity index (χ2v) is 9.45. The van der Waals surface area contributed by atoms with Gasteiger partial charge in [0.2, 0.25) is 0 Å². The molecular formula is C27H23N3O4S. The number of rotatable bonds is 6. The van der Waals surface area contributed by atoms with Gasteiger partial charge in [-0.05, 0) is 43.4 Å². The van der Waals surface area contributed by atoms with E-state index in [4.69, 9.17) is 10.5 Å². The van der Waals surface area contributed by atoms with Gasteiger partial charge in [-0.1, -0.05) is 48.5 Å². The van der Waals surface area contributed by atoms with E-state index in [1.54, 1.807) is 12.1 Å². The predicted octanol–water partition coefficient (Wildman–Crippen LogP) is 4.74. The number of esters is 1. The van der Waals surface area contributed by atoms with E-state index >= 15 is 0 Å². The van der Waals surface area contributed by atoms with E-state index in [9.17, 15) is 14.4 Å². The highest BCUT2D eigenvalue weighted by Crippen LogP contribution is 2.37. The Morgan fingerprint density at radius 3 is 2.54 bits per heavy atom. The van der Waals surface area contributed by atoms with Gasteiger partial charge in [-0.2, -0.15) is 0 Å². The Labute approximate surface area is 205 Å². The molecule has 0 atom stereocenters. The number of benzene rings is 2. The minimum atomic E-state index is -0.628. The number of para-hydroxylation sites is 1. The van der Waals surface area contributed by atoms with Crippen molar-refractivity contribution in [2.75, 3.05) is 11.9 Å². The Kier molecular flexibility index (Phi) is 6.29. The van der Waals surface area contributed by atoms with Crippen LogP contribution in [0.4, 0.5) is 5.00 Å². The molecule has 2 aromatic carbocycles. The number of thiophene rings is 1. The van der Waals surface area contributed by atoms with Crippen LogP contribution in [-0.2, 0) is 22.4 Å². The molecule has 4 aromatic rings. The van der Waals surface area contributed by atoms with Crippen molar-refractivity contribution in [3.05, 3.63) is 82.2 Å². The molecule has 1 aliphatic rings. The predicted molar refractivity (Wildman–Crippen MR) is 136 cm³/mol. The standard InChI is InChI=1S/C27H23N3O4S/c28-25(32)24-18-11-5-7-13-22(18)35-26(24)30-23(31)15-34-27(33)19-14-21(16-8-2-1-3-9-16)29-20-12-6-4-10-17(19)20/h1-4,6,8-10,12,14H,5,7,11,13,15H2,(H2,28,32)(H,30,31). The van der Waals surface area contributed by atoms with E-state index in [1.807, 2.05) is 48.5 Å². The lowest BCUT2D eigenvalue weighted by atomic mass is 9.95. The molecule has 5 rings (SSSR count). The van der Waals surface area contributed by atoms with Gasteiger partial charge in [0.05, 0.1) is 22.3 Å². The first-order chi connectivity index (χ1) is 17.0. The zero-order valence-corrected chi connectivity index (χ0v) is 19.7. The molecule has 0 spiro atoms. The number of aromatic nitrogens is 1. The summed E-state index contributed by atoms with van der Waals surface area (Å²) in [7, 11) is 0. The average molecular weight is 486 g/mol. The molecule has 3 N–H and O–H groups in total. The zero-order valence-electron chi connectivity index (χ0n) is 18.9. The molecule has 2 amide bonds. The summed E-state index contributed by atoms with van der Waals surface area (Å²) in [6.45, 7) is -0.489. The van der Waals surface area contributed by atoms with Crippen molar-refractivity contribution in [2.24, 2.45) is 5.73 Å². The summed E-state index contributed by atoms with van der Waals surface area (Å²) in [5.74, 6) is -1.72. The largest absolute Gasteiger partial charge is 0.452 e. The molecule has 0 saturated carbocycles. The van der Waals surface area contributed by atoms with Crippen molar-refractivity contribution in [3.63, 3.8) is 0 Å². The quantitative estimate of drug-likeness (QED) is 0.383. The van der Waals surface area contributed by atoms with Crippen LogP contribution in [0.15, 0.2) is 60.7 Å². The van der Waals surface area contributed by atoms with Crippen molar-refractivity contribution in [1.29, 1.82) is 0 Å². The molecule has 0 saturated heterocycles. The zero-order chi connectivity index (χ0) is 24.4. The molecule has 2 heterocycles. The van der Waals surface area contributed by atoms with Crippen LogP contribution in [-0.4, -0.2) is 29.4 Å². The van der Waals surface area contributed by atoms with Crippen LogP contribution in [0, 0.1) is 0 Å². The number of carbonyl (C=O) groups excluding carboxylic acids is 3. The molecule has 0 radical (unpaired) electrons. The monoisotopic (exact) mass is 485 g/mol. The highest BCUT2D eigenvalue weighted by Gasteiger charge is 2.25. The van der Waals surface area contributed by atoms with Crippen molar-refractivity contribution in [1.82, 2.24) is 4.98 Å². The van der Waals surface area contributed by atoms with Crippen molar-refractivity contribution in [2.45, 2.75) is 25.7 Å². The van der Waals surface area contributed by atoms with Gasteiger partial charge in [0.1, 0.15) is 5.00 Å². The van der Waals surface area contributed by atoms with Crippen molar-refractivity contribution in [3.8, 4) is 11.3 Å². The third-order valence-corrected chi connectivity index (χ3v) is 7.22. The first kappa shape index (κ1) is 22.7. The molecule has 0 bridgehead atoms. The Morgan fingerprint density at radius 2 is 1.74 bits per heavy atom. The van der Waals surface area contributed by atoms with Gasteiger partial charge >= 0.3 is 5.97 Å². The number of fused-ring (bicyclic) bond motifs is 2. The Hall–Kier alpha value is -4.04. The summed E-state index contributed by atoms with van der Waals surface area (Å²) >= 11 is 1.37. The summed E-state index contributed by atoms with van der Waals surface area (Å²) in [6, 6.07) is 18.5. The maximum absolute atomic E-state index is 13.0. The van der Waals surface area contributed by atoms with Gasteiger partial charge in [0.25, 0.3) is 11.8 Å². The maximum atomic E-state index is 13.0. The number of pyridine rings is 1. The van der Waals surface area contributed by atoms with E-state index in [1.165, 1.54) is 11.3 Å². The third-order valence-electron chi connectivity index (χ3n) is 6.01. The van der Waals surface area contributed by atoms with Gasteiger partial charge in [-0.15, -0.1) is 11.3 Å². The van der Waals surface area contributed by atoms with Gasteiger partial charge in [0, 0.05) is 15.8 Å². The van der Waals surface area contributed by atoms with Crippen LogP contribution in [0.2, 0.25) is 0 Å². The van der Waals surface area contributed by atoms with Gasteiger partial charge in [-0.25, -0.2) is 9.78 Å². The Bertz CT molecular complexity index is 1450. The van der Waals surface area contributed by atoms with Crippen LogP contribution < -0.4 is 11.1 Å². The normalized spacial score (nSPS) is 12.7. The van der Waals surface area contributed by atoms with Crippen LogP contribution in [0.1, 0.15) is 44.0 Å². The van der Waals surface area contributed by atoms with Gasteiger partial charge in [-0.3, -0.25) is 9.59 Å². The molecule has 2 aromatic heterocycles. The van der Waals surface area contributed by atoms with E-state index in [2.05, 4.69) is 10.3 Å². The SMILES string of the molecule is NC(=O)c1c(NC(=O)COC(=O)c2cc(-c3ccccc3)nc3ccccc23)sc2c1CCCC2. The summed E-state index contributed by atoms with van der Waals surface area (Å²) in [5.41, 5.74) is 9.38. The number of hydrogen-bond donors (Lipinski definition) is 2. The molecule has 0 fully saturated rings. The molecule has 0 aliphatic heterocycles. The fourth-order valence-corrected chi connectivity index (χ4v) is 5.70. The molecule has 176 valence electrons. The second-order valence-electron chi connectivity index (χ2n) is 8.34. The van der Waals surface area contributed by atoms with E-state index in [-0.39, 0.29) is 0 Å². The number of anilines is 1. The maximum Gasteiger partial charge on any atom is 0.339 e. The van der Waals surface area contributed by atoms with E-state index < -0.39 is 24.4 Å². The highest BCUT2D eigenvalue weighted by molar-refractivity contribution is 7.17. The lowest BCUT2D eigenvalue weighted by Gasteiger charge is -2.11. The number of nitrogens with one attached hydrogen (secondary N) is 1. The summed E-state index contributed by atoms with van der Waals surface area (Å²) in [5, 5.41) is 3.78. The minimum absolute atomic E-state index is 0.326. The topological polar surface area (TPSA) is 111 Å². The summed E-state index contributed by atoms with van der Waals surface area (Å²) in [6.07, 6.45) is 3.67. The molecule has 0 unspecified atom stereocenters. The highest BCUT2D eigenvalue weighted by atomic mass is 32.1. The Balaban J connectivity index is 1.36. The molecule has 7 nitrogen and oxygen atoms in total.